The molecule has 0 saturated carbocycles. The molecule has 52 heavy (non-hydrogen) atoms. The van der Waals surface area contributed by atoms with Crippen LogP contribution in [0.5, 0.6) is 23.0 Å². The maximum atomic E-state index is 13.5. The van der Waals surface area contributed by atoms with Crippen molar-refractivity contribution >= 4 is 63.4 Å². The lowest BCUT2D eigenvalue weighted by Crippen LogP contribution is -2.27. The molecule has 4 aromatic carbocycles. The normalized spacial score (nSPS) is 11.8. The standard InChI is InChI=1S/C37H40N5O8PS/c1-37(2,3)24-18-30(35(49-6)31(19-24)42(4)52(7,46)47)41-36(43)40-29-14-15-32(28-11-9-8-10-27(28)29)50-26-16-17-38-34(21-26)39-25-13-12-23(22-51(44)45)33(20-25)48-5/h8-21H,22H2,1-7H3,(H3-,38,39,40,41,43,44,45)/p+1. The van der Waals surface area contributed by atoms with Crippen molar-refractivity contribution in [1.29, 1.82) is 0 Å². The maximum absolute atomic E-state index is 13.5. The Labute approximate surface area is 303 Å². The molecule has 5 aromatic rings. The number of hydrogen-bond acceptors (Lipinski definition) is 9. The van der Waals surface area contributed by atoms with E-state index in [0.717, 1.165) is 21.5 Å². The quantitative estimate of drug-likeness (QED) is 0.0911. The summed E-state index contributed by atoms with van der Waals surface area (Å²) in [6.07, 6.45) is 2.69. The Balaban J connectivity index is 1.39. The first kappa shape index (κ1) is 37.8. The van der Waals surface area contributed by atoms with Crippen LogP contribution in [0.2, 0.25) is 0 Å². The summed E-state index contributed by atoms with van der Waals surface area (Å²) in [5, 5.41) is 10.4. The van der Waals surface area contributed by atoms with Crippen molar-refractivity contribution in [2.75, 3.05) is 47.8 Å². The van der Waals surface area contributed by atoms with E-state index in [2.05, 4.69) is 20.9 Å². The van der Waals surface area contributed by atoms with E-state index >= 15 is 0 Å². The predicted octanol–water partition coefficient (Wildman–Crippen LogP) is 8.36. The van der Waals surface area contributed by atoms with E-state index in [1.807, 2.05) is 45.0 Å². The monoisotopic (exact) mass is 746 g/mol. The molecule has 0 aliphatic rings. The van der Waals surface area contributed by atoms with E-state index in [-0.39, 0.29) is 17.3 Å². The third-order valence-electron chi connectivity index (χ3n) is 8.18. The fourth-order valence-electron chi connectivity index (χ4n) is 5.43. The number of nitrogens with one attached hydrogen (secondary N) is 3. The van der Waals surface area contributed by atoms with Crippen LogP contribution in [0.15, 0.2) is 85.1 Å². The number of aromatic nitrogens is 1. The van der Waals surface area contributed by atoms with Crippen LogP contribution in [0.1, 0.15) is 31.9 Å². The number of urea groups is 1. The second kappa shape index (κ2) is 15.4. The molecule has 1 heterocycles. The van der Waals surface area contributed by atoms with Gasteiger partial charge in [0.25, 0.3) is 0 Å². The number of methoxy groups -OCH3 is 2. The van der Waals surface area contributed by atoms with E-state index in [1.165, 1.54) is 21.3 Å². The molecule has 2 amide bonds. The van der Waals surface area contributed by atoms with Crippen LogP contribution in [0, 0.1) is 0 Å². The molecule has 0 radical (unpaired) electrons. The van der Waals surface area contributed by atoms with Gasteiger partial charge in [0.05, 0.1) is 37.5 Å². The largest absolute Gasteiger partial charge is 0.510 e. The molecule has 4 N–H and O–H groups in total. The van der Waals surface area contributed by atoms with Crippen LogP contribution in [-0.2, 0) is 26.2 Å². The van der Waals surface area contributed by atoms with Crippen LogP contribution in [0.4, 0.5) is 33.4 Å². The van der Waals surface area contributed by atoms with Gasteiger partial charge >= 0.3 is 14.1 Å². The summed E-state index contributed by atoms with van der Waals surface area (Å²) in [5.74, 6) is 2.22. The van der Waals surface area contributed by atoms with E-state index < -0.39 is 24.1 Å². The van der Waals surface area contributed by atoms with Gasteiger partial charge in [-0.25, -0.2) is 18.2 Å². The Kier molecular flexibility index (Phi) is 11.2. The molecule has 0 fully saturated rings. The number of ether oxygens (including phenoxy) is 3. The van der Waals surface area contributed by atoms with E-state index in [1.54, 1.807) is 60.8 Å². The Morgan fingerprint density at radius 3 is 2.27 bits per heavy atom. The van der Waals surface area contributed by atoms with Crippen LogP contribution in [0.25, 0.3) is 10.8 Å². The first-order chi connectivity index (χ1) is 24.6. The highest BCUT2D eigenvalue weighted by atomic mass is 32.2. The molecular weight excluding hydrogens is 705 g/mol. The number of pyridine rings is 1. The van der Waals surface area contributed by atoms with Gasteiger partial charge in [0.15, 0.2) is 5.75 Å². The SMILES string of the molecule is COc1cc(Nc2cc(Oc3ccc(NC(=O)Nc4cc(C(C)(C)C)cc(N(C)S(C)(=O)=O)c4OC)c4ccccc34)ccn2)ccc1C[P+](=O)O. The molecule has 1 atom stereocenters. The first-order valence-electron chi connectivity index (χ1n) is 16.0. The van der Waals surface area contributed by atoms with Gasteiger partial charge in [0.1, 0.15) is 23.1 Å². The fourth-order valence-corrected chi connectivity index (χ4v) is 6.47. The topological polar surface area (TPSA) is 168 Å². The molecule has 0 aliphatic carbocycles. The van der Waals surface area contributed by atoms with Gasteiger partial charge in [0, 0.05) is 47.4 Å². The van der Waals surface area contributed by atoms with Gasteiger partial charge in [-0.05, 0) is 58.0 Å². The van der Waals surface area contributed by atoms with E-state index in [4.69, 9.17) is 14.2 Å². The third-order valence-corrected chi connectivity index (χ3v) is 9.98. The lowest BCUT2D eigenvalue weighted by Gasteiger charge is -2.27. The van der Waals surface area contributed by atoms with Crippen molar-refractivity contribution in [1.82, 2.24) is 4.98 Å². The van der Waals surface area contributed by atoms with Crippen molar-refractivity contribution in [2.45, 2.75) is 32.3 Å². The van der Waals surface area contributed by atoms with Crippen molar-refractivity contribution in [3.63, 3.8) is 0 Å². The maximum Gasteiger partial charge on any atom is 0.510 e. The Morgan fingerprint density at radius 1 is 0.904 bits per heavy atom. The zero-order valence-electron chi connectivity index (χ0n) is 29.8. The van der Waals surface area contributed by atoms with E-state index in [0.29, 0.717) is 56.8 Å². The summed E-state index contributed by atoms with van der Waals surface area (Å²) < 4.78 is 54.8. The molecular formula is C37H41N5O8PS+. The molecule has 0 bridgehead atoms. The number of sulfonamides is 1. The molecule has 15 heteroatoms. The zero-order valence-corrected chi connectivity index (χ0v) is 31.6. The number of benzene rings is 4. The number of nitrogens with zero attached hydrogens (tertiary/aromatic N) is 2. The van der Waals surface area contributed by atoms with Crippen molar-refractivity contribution in [2.24, 2.45) is 0 Å². The minimum atomic E-state index is -3.63. The number of fused-ring (bicyclic) bond motifs is 1. The first-order valence-corrected chi connectivity index (χ1v) is 19.3. The van der Waals surface area contributed by atoms with Crippen molar-refractivity contribution in [3.8, 4) is 23.0 Å². The van der Waals surface area contributed by atoms with Gasteiger partial charge in [-0.15, -0.1) is 0 Å². The molecule has 0 spiro atoms. The molecule has 1 aromatic heterocycles. The minimum absolute atomic E-state index is 0.0146. The summed E-state index contributed by atoms with van der Waals surface area (Å²) in [7, 11) is -1.64. The van der Waals surface area contributed by atoms with Crippen LogP contribution < -0.4 is 34.5 Å². The highest BCUT2D eigenvalue weighted by Gasteiger charge is 2.25. The number of amides is 2. The summed E-state index contributed by atoms with van der Waals surface area (Å²) in [4.78, 5) is 27.2. The third kappa shape index (κ3) is 8.89. The Morgan fingerprint density at radius 2 is 1.62 bits per heavy atom. The van der Waals surface area contributed by atoms with Crippen LogP contribution >= 0.6 is 8.03 Å². The number of carbonyl (C=O) groups excluding carboxylic acids is 1. The number of carbonyl (C=O) groups is 1. The average molecular weight is 747 g/mol. The number of hydrogen-bond donors (Lipinski definition) is 4. The Hall–Kier alpha value is -5.43. The van der Waals surface area contributed by atoms with Gasteiger partial charge < -0.3 is 30.2 Å². The highest BCUT2D eigenvalue weighted by molar-refractivity contribution is 7.92. The molecule has 0 aliphatic heterocycles. The lowest BCUT2D eigenvalue weighted by atomic mass is 9.86. The molecule has 5 rings (SSSR count). The highest BCUT2D eigenvalue weighted by Crippen LogP contribution is 2.42. The van der Waals surface area contributed by atoms with Crippen molar-refractivity contribution < 1.29 is 36.9 Å². The van der Waals surface area contributed by atoms with Gasteiger partial charge in [-0.1, -0.05) is 45.0 Å². The summed E-state index contributed by atoms with van der Waals surface area (Å²) >= 11 is 0. The Bertz CT molecular complexity index is 2260. The fraction of sp³-hybridized carbons (Fsp3) is 0.243. The molecule has 0 saturated heterocycles. The second-order valence-electron chi connectivity index (χ2n) is 12.9. The molecule has 1 unspecified atom stereocenters. The number of rotatable bonds is 12. The van der Waals surface area contributed by atoms with Crippen LogP contribution in [-0.4, -0.2) is 51.8 Å². The lowest BCUT2D eigenvalue weighted by molar-refractivity contribution is 0.262. The second-order valence-corrected chi connectivity index (χ2v) is 16.0. The zero-order chi connectivity index (χ0) is 37.8. The smallest absolute Gasteiger partial charge is 0.496 e. The number of anilines is 5. The summed E-state index contributed by atoms with van der Waals surface area (Å²) in [5.41, 5.74) is 2.83. The molecule has 13 nitrogen and oxygen atoms in total. The van der Waals surface area contributed by atoms with Gasteiger partial charge in [-0.3, -0.25) is 4.31 Å². The summed E-state index contributed by atoms with van der Waals surface area (Å²) in [6.45, 7) is 5.97. The predicted molar refractivity (Wildman–Crippen MR) is 206 cm³/mol. The van der Waals surface area contributed by atoms with E-state index in [9.17, 15) is 22.7 Å². The van der Waals surface area contributed by atoms with Gasteiger partial charge in [-0.2, -0.15) is 4.89 Å². The van der Waals surface area contributed by atoms with Crippen molar-refractivity contribution in [3.05, 3.63) is 96.2 Å². The minimum Gasteiger partial charge on any atom is -0.496 e. The summed E-state index contributed by atoms with van der Waals surface area (Å²) in [6, 6.07) is 22.6. The molecule has 272 valence electrons. The van der Waals surface area contributed by atoms with Gasteiger partial charge in [0.2, 0.25) is 16.2 Å². The van der Waals surface area contributed by atoms with Crippen LogP contribution in [0.3, 0.4) is 0 Å². The average Bonchev–Trinajstić information content (AvgIpc) is 3.08.